The van der Waals surface area contributed by atoms with E-state index in [0.29, 0.717) is 0 Å². The molecule has 4 aliphatic rings. The molecule has 6 aromatic carbocycles. The number of anilines is 8. The fraction of sp³-hybridized carbons (Fsp3) is 0.0741. The maximum atomic E-state index is 5.61. The maximum absolute atomic E-state index is 5.61. The standard InChI is InChI=1S/C54H38N6/c1-7-21-43-35(15-1)33-36-16-2-8-22-44(36)57(43)49-27-13-29-51(55-49)59-47-25-11-5-19-39(47)41-31-32-42-40-20-6-12-26-48(40)60(54(42)53(41)59)52-30-14-28-50(56-52)58-45-23-9-3-17-37(45)34-38-18-4-10-24-46(38)58/h1-32,39,47H,33-34H2. The minimum Gasteiger partial charge on any atom is -0.316 e. The van der Waals surface area contributed by atoms with E-state index in [1.165, 1.54) is 67.0 Å². The average Bonchev–Trinajstić information content (AvgIpc) is 3.83. The van der Waals surface area contributed by atoms with E-state index < -0.39 is 0 Å². The van der Waals surface area contributed by atoms with Crippen LogP contribution in [0.1, 0.15) is 33.7 Å². The summed E-state index contributed by atoms with van der Waals surface area (Å²) in [5.74, 6) is 3.73. The lowest BCUT2D eigenvalue weighted by atomic mass is 9.91. The summed E-state index contributed by atoms with van der Waals surface area (Å²) < 4.78 is 2.40. The highest BCUT2D eigenvalue weighted by Gasteiger charge is 2.41. The van der Waals surface area contributed by atoms with E-state index in [2.05, 4.69) is 213 Å². The lowest BCUT2D eigenvalue weighted by Gasteiger charge is -2.34. The number of pyridine rings is 2. The van der Waals surface area contributed by atoms with Gasteiger partial charge >= 0.3 is 0 Å². The van der Waals surface area contributed by atoms with Gasteiger partial charge in [-0.3, -0.25) is 14.4 Å². The first-order valence-corrected chi connectivity index (χ1v) is 20.9. The molecule has 0 radical (unpaired) electrons. The van der Waals surface area contributed by atoms with Crippen molar-refractivity contribution in [2.75, 3.05) is 14.7 Å². The van der Waals surface area contributed by atoms with Gasteiger partial charge in [-0.1, -0.05) is 140 Å². The Bertz CT molecular complexity index is 3190. The van der Waals surface area contributed by atoms with Crippen molar-refractivity contribution in [3.05, 3.63) is 222 Å². The number of benzene rings is 6. The Morgan fingerprint density at radius 3 is 1.53 bits per heavy atom. The monoisotopic (exact) mass is 770 g/mol. The average molecular weight is 771 g/mol. The molecule has 0 saturated carbocycles. The highest BCUT2D eigenvalue weighted by Crippen LogP contribution is 2.53. The molecular formula is C54H38N6. The summed E-state index contributed by atoms with van der Waals surface area (Å²) in [7, 11) is 0. The molecule has 13 rings (SSSR count). The predicted molar refractivity (Wildman–Crippen MR) is 245 cm³/mol. The molecule has 284 valence electrons. The summed E-state index contributed by atoms with van der Waals surface area (Å²) in [4.78, 5) is 18.4. The van der Waals surface area contributed by atoms with Crippen LogP contribution in [-0.4, -0.2) is 20.6 Å². The minimum absolute atomic E-state index is 0.0476. The molecule has 2 atom stereocenters. The van der Waals surface area contributed by atoms with Crippen LogP contribution in [-0.2, 0) is 12.8 Å². The van der Waals surface area contributed by atoms with Crippen molar-refractivity contribution in [1.29, 1.82) is 0 Å². The largest absolute Gasteiger partial charge is 0.316 e. The third-order valence-electron chi connectivity index (χ3n) is 12.9. The Kier molecular flexibility index (Phi) is 7.16. The molecule has 0 spiro atoms. The Morgan fingerprint density at radius 2 is 0.917 bits per heavy atom. The lowest BCUT2D eigenvalue weighted by Crippen LogP contribution is -2.30. The highest BCUT2D eigenvalue weighted by molar-refractivity contribution is 6.15. The maximum Gasteiger partial charge on any atom is 0.140 e. The summed E-state index contributed by atoms with van der Waals surface area (Å²) in [6.45, 7) is 0. The number of allylic oxidation sites excluding steroid dienone is 2. The van der Waals surface area contributed by atoms with E-state index in [9.17, 15) is 0 Å². The fourth-order valence-electron chi connectivity index (χ4n) is 10.4. The second kappa shape index (κ2) is 12.9. The van der Waals surface area contributed by atoms with Gasteiger partial charge in [0.1, 0.15) is 23.3 Å². The van der Waals surface area contributed by atoms with Crippen molar-refractivity contribution in [3.8, 4) is 5.82 Å². The summed E-state index contributed by atoms with van der Waals surface area (Å²) in [6.07, 6.45) is 10.9. The van der Waals surface area contributed by atoms with Crippen molar-refractivity contribution in [2.24, 2.45) is 0 Å². The Hall–Kier alpha value is -7.70. The van der Waals surface area contributed by atoms with Gasteiger partial charge in [-0.15, -0.1) is 0 Å². The molecule has 60 heavy (non-hydrogen) atoms. The first-order chi connectivity index (χ1) is 29.8. The van der Waals surface area contributed by atoms with E-state index in [1.54, 1.807) is 0 Å². The first kappa shape index (κ1) is 33.3. The summed E-state index contributed by atoms with van der Waals surface area (Å²) in [5.41, 5.74) is 14.6. The molecule has 6 heterocycles. The zero-order chi connectivity index (χ0) is 39.3. The molecule has 6 heteroatoms. The molecule has 2 unspecified atom stereocenters. The van der Waals surface area contributed by atoms with Gasteiger partial charge in [-0.25, -0.2) is 9.97 Å². The second-order valence-electron chi connectivity index (χ2n) is 16.2. The van der Waals surface area contributed by atoms with Gasteiger partial charge in [-0.05, 0) is 82.4 Å². The smallest absolute Gasteiger partial charge is 0.140 e. The van der Waals surface area contributed by atoms with Crippen LogP contribution in [0.2, 0.25) is 0 Å². The van der Waals surface area contributed by atoms with Gasteiger partial charge in [0, 0.05) is 29.5 Å². The fourth-order valence-corrected chi connectivity index (χ4v) is 10.4. The summed E-state index contributed by atoms with van der Waals surface area (Å²) in [6, 6.07) is 61.3. The van der Waals surface area contributed by atoms with Crippen LogP contribution in [0.5, 0.6) is 0 Å². The Morgan fingerprint density at radius 1 is 0.417 bits per heavy atom. The number of rotatable bonds is 4. The number of para-hydroxylation sites is 5. The van der Waals surface area contributed by atoms with Gasteiger partial charge in [-0.2, -0.15) is 0 Å². The van der Waals surface area contributed by atoms with Crippen molar-refractivity contribution < 1.29 is 0 Å². The highest BCUT2D eigenvalue weighted by atomic mass is 15.3. The quantitative estimate of drug-likeness (QED) is 0.178. The summed E-state index contributed by atoms with van der Waals surface area (Å²) >= 11 is 0. The number of aromatic nitrogens is 3. The summed E-state index contributed by atoms with van der Waals surface area (Å²) in [5, 5.41) is 2.39. The van der Waals surface area contributed by atoms with Crippen LogP contribution in [0.3, 0.4) is 0 Å². The SMILES string of the molecule is C1=CC2c3ccc4c5ccccc5n(-c5cccc(N6c7ccccc7Cc7ccccc76)n5)c4c3N(c3cccc(N4c5ccccc5Cc5ccccc54)n3)C2C=C1. The van der Waals surface area contributed by atoms with Gasteiger partial charge in [0.05, 0.1) is 45.5 Å². The topological polar surface area (TPSA) is 40.4 Å². The Labute approximate surface area is 348 Å². The molecule has 0 N–H and O–H groups in total. The predicted octanol–water partition coefficient (Wildman–Crippen LogP) is 13.1. The lowest BCUT2D eigenvalue weighted by molar-refractivity contribution is 0.738. The third-order valence-corrected chi connectivity index (χ3v) is 12.9. The number of fused-ring (bicyclic) bond motifs is 11. The van der Waals surface area contributed by atoms with Crippen LogP contribution in [0.4, 0.5) is 45.9 Å². The van der Waals surface area contributed by atoms with E-state index in [-0.39, 0.29) is 12.0 Å². The molecular weight excluding hydrogens is 733 g/mol. The van der Waals surface area contributed by atoms with E-state index in [4.69, 9.17) is 9.97 Å². The van der Waals surface area contributed by atoms with Gasteiger partial charge in [0.25, 0.3) is 0 Å². The van der Waals surface area contributed by atoms with Crippen LogP contribution in [0.15, 0.2) is 194 Å². The number of hydrogen-bond donors (Lipinski definition) is 0. The van der Waals surface area contributed by atoms with Crippen molar-refractivity contribution in [1.82, 2.24) is 14.5 Å². The minimum atomic E-state index is 0.0476. The molecule has 9 aromatic rings. The van der Waals surface area contributed by atoms with Crippen LogP contribution < -0.4 is 14.7 Å². The van der Waals surface area contributed by atoms with E-state index in [1.807, 2.05) is 0 Å². The van der Waals surface area contributed by atoms with Gasteiger partial charge in [0.2, 0.25) is 0 Å². The van der Waals surface area contributed by atoms with Crippen LogP contribution in [0, 0.1) is 0 Å². The van der Waals surface area contributed by atoms with Crippen molar-refractivity contribution >= 4 is 67.7 Å². The zero-order valence-electron chi connectivity index (χ0n) is 32.7. The van der Waals surface area contributed by atoms with Crippen molar-refractivity contribution in [2.45, 2.75) is 24.8 Å². The molecule has 3 aromatic heterocycles. The molecule has 6 nitrogen and oxygen atoms in total. The van der Waals surface area contributed by atoms with E-state index >= 15 is 0 Å². The Balaban J connectivity index is 1.03. The third kappa shape index (κ3) is 4.82. The van der Waals surface area contributed by atoms with Crippen LogP contribution in [0.25, 0.3) is 27.6 Å². The molecule has 0 amide bonds. The van der Waals surface area contributed by atoms with Crippen LogP contribution >= 0.6 is 0 Å². The van der Waals surface area contributed by atoms with Gasteiger partial charge < -0.3 is 4.90 Å². The van der Waals surface area contributed by atoms with E-state index in [0.717, 1.165) is 47.1 Å². The van der Waals surface area contributed by atoms with Gasteiger partial charge in [0.15, 0.2) is 0 Å². The second-order valence-corrected chi connectivity index (χ2v) is 16.2. The number of hydrogen-bond acceptors (Lipinski definition) is 5. The molecule has 3 aliphatic heterocycles. The first-order valence-electron chi connectivity index (χ1n) is 20.9. The van der Waals surface area contributed by atoms with Crippen molar-refractivity contribution in [3.63, 3.8) is 0 Å². The molecule has 0 saturated heterocycles. The number of nitrogens with zero attached hydrogens (tertiary/aromatic N) is 6. The molecule has 1 aliphatic carbocycles. The molecule has 0 fully saturated rings. The molecule has 0 bridgehead atoms. The normalized spacial score (nSPS) is 17.0. The zero-order valence-corrected chi connectivity index (χ0v) is 32.7.